The first-order chi connectivity index (χ1) is 9.97. The van der Waals surface area contributed by atoms with Crippen molar-refractivity contribution in [1.29, 1.82) is 0 Å². The average molecular weight is 348 g/mol. The summed E-state index contributed by atoms with van der Waals surface area (Å²) in [4.78, 5) is 4.22. The van der Waals surface area contributed by atoms with E-state index >= 15 is 0 Å². The van der Waals surface area contributed by atoms with Gasteiger partial charge in [0.15, 0.2) is 0 Å². The van der Waals surface area contributed by atoms with Crippen LogP contribution < -0.4 is 5.73 Å². The Kier molecular flexibility index (Phi) is 5.49. The summed E-state index contributed by atoms with van der Waals surface area (Å²) in [5, 5.41) is 6.11. The van der Waals surface area contributed by atoms with Crippen LogP contribution in [-0.2, 0) is 19.4 Å². The Morgan fingerprint density at radius 1 is 1.29 bits per heavy atom. The zero-order chi connectivity index (χ0) is 15.6. The second-order valence-electron chi connectivity index (χ2n) is 4.71. The predicted octanol–water partition coefficient (Wildman–Crippen LogP) is 4.06. The Labute approximate surface area is 139 Å². The largest absolute Gasteiger partial charge is 0.322 e. The van der Waals surface area contributed by atoms with Crippen molar-refractivity contribution in [1.82, 2.24) is 14.8 Å². The standard InChI is InChI=1S/C14H17Cl3N4/c1-3-11-13(17)12(21(4-2)20-11)6-10(18)14-9(16)5-8(15)7-19-14/h5,7,10H,3-4,6,18H2,1-2H3. The van der Waals surface area contributed by atoms with Crippen LogP contribution >= 0.6 is 34.8 Å². The van der Waals surface area contributed by atoms with Crippen LogP contribution in [0.15, 0.2) is 12.3 Å². The van der Waals surface area contributed by atoms with Gasteiger partial charge in [0.1, 0.15) is 0 Å². The van der Waals surface area contributed by atoms with Gasteiger partial charge in [0.2, 0.25) is 0 Å². The SMILES string of the molecule is CCc1nn(CC)c(CC(N)c2ncc(Cl)cc2Cl)c1Cl. The monoisotopic (exact) mass is 346 g/mol. The van der Waals surface area contributed by atoms with Crippen LogP contribution in [0.4, 0.5) is 0 Å². The van der Waals surface area contributed by atoms with Gasteiger partial charge >= 0.3 is 0 Å². The van der Waals surface area contributed by atoms with Crippen LogP contribution in [0.3, 0.4) is 0 Å². The highest BCUT2D eigenvalue weighted by atomic mass is 35.5. The second-order valence-corrected chi connectivity index (χ2v) is 5.93. The number of pyridine rings is 1. The number of hydrogen-bond donors (Lipinski definition) is 1. The van der Waals surface area contributed by atoms with Gasteiger partial charge < -0.3 is 5.73 Å². The summed E-state index contributed by atoms with van der Waals surface area (Å²) in [5.74, 6) is 0. The van der Waals surface area contributed by atoms with Crippen molar-refractivity contribution in [3.8, 4) is 0 Å². The maximum atomic E-state index is 6.39. The molecule has 1 atom stereocenters. The third-order valence-corrected chi connectivity index (χ3v) is 4.24. The summed E-state index contributed by atoms with van der Waals surface area (Å²) in [6.07, 6.45) is 2.85. The predicted molar refractivity (Wildman–Crippen MR) is 87.2 cm³/mol. The number of nitrogens with zero attached hydrogens (tertiary/aromatic N) is 3. The highest BCUT2D eigenvalue weighted by Crippen LogP contribution is 2.28. The van der Waals surface area contributed by atoms with Crippen molar-refractivity contribution in [2.45, 2.75) is 39.3 Å². The molecule has 2 heterocycles. The molecule has 0 saturated heterocycles. The summed E-state index contributed by atoms with van der Waals surface area (Å²) in [6, 6.07) is 1.28. The van der Waals surface area contributed by atoms with Gasteiger partial charge in [-0.2, -0.15) is 5.10 Å². The lowest BCUT2D eigenvalue weighted by Crippen LogP contribution is -2.18. The molecule has 0 aromatic carbocycles. The Balaban J connectivity index is 2.31. The van der Waals surface area contributed by atoms with Crippen LogP contribution in [0.25, 0.3) is 0 Å². The normalized spacial score (nSPS) is 12.7. The molecule has 0 saturated carbocycles. The minimum Gasteiger partial charge on any atom is -0.322 e. The number of halogens is 3. The van der Waals surface area contributed by atoms with Crippen molar-refractivity contribution < 1.29 is 0 Å². The highest BCUT2D eigenvalue weighted by Gasteiger charge is 2.20. The molecular weight excluding hydrogens is 331 g/mol. The molecule has 7 heteroatoms. The third-order valence-electron chi connectivity index (χ3n) is 3.29. The lowest BCUT2D eigenvalue weighted by atomic mass is 10.1. The minimum atomic E-state index is -0.362. The average Bonchev–Trinajstić information content (AvgIpc) is 2.75. The van der Waals surface area contributed by atoms with Gasteiger partial charge in [0.25, 0.3) is 0 Å². The molecule has 0 amide bonds. The van der Waals surface area contributed by atoms with E-state index in [1.807, 2.05) is 18.5 Å². The number of hydrogen-bond acceptors (Lipinski definition) is 3. The van der Waals surface area contributed by atoms with Gasteiger partial charge in [-0.1, -0.05) is 41.7 Å². The second kappa shape index (κ2) is 6.97. The fraction of sp³-hybridized carbons (Fsp3) is 0.429. The highest BCUT2D eigenvalue weighted by molar-refractivity contribution is 6.34. The molecule has 2 aromatic rings. The van der Waals surface area contributed by atoms with Crippen LogP contribution in [0.2, 0.25) is 15.1 Å². The molecule has 2 aromatic heterocycles. The third kappa shape index (κ3) is 3.51. The molecule has 0 aliphatic heterocycles. The quantitative estimate of drug-likeness (QED) is 0.887. The van der Waals surface area contributed by atoms with Crippen LogP contribution in [-0.4, -0.2) is 14.8 Å². The molecule has 0 radical (unpaired) electrons. The molecule has 0 spiro atoms. The van der Waals surface area contributed by atoms with E-state index in [4.69, 9.17) is 40.5 Å². The van der Waals surface area contributed by atoms with Crippen molar-refractivity contribution in [3.05, 3.63) is 44.4 Å². The van der Waals surface area contributed by atoms with E-state index in [1.165, 1.54) is 0 Å². The zero-order valence-electron chi connectivity index (χ0n) is 11.9. The molecule has 0 aliphatic carbocycles. The summed E-state index contributed by atoms with van der Waals surface area (Å²) in [5.41, 5.74) is 8.64. The van der Waals surface area contributed by atoms with E-state index in [1.54, 1.807) is 12.3 Å². The number of nitrogens with two attached hydrogens (primary N) is 1. The van der Waals surface area contributed by atoms with E-state index in [2.05, 4.69) is 10.1 Å². The summed E-state index contributed by atoms with van der Waals surface area (Å²) >= 11 is 18.4. The smallest absolute Gasteiger partial charge is 0.0850 e. The number of aryl methyl sites for hydroxylation is 2. The molecule has 21 heavy (non-hydrogen) atoms. The molecule has 2 N–H and O–H groups in total. The molecule has 114 valence electrons. The molecule has 0 bridgehead atoms. The van der Waals surface area contributed by atoms with Crippen molar-refractivity contribution >= 4 is 34.8 Å². The lowest BCUT2D eigenvalue weighted by Gasteiger charge is -2.14. The van der Waals surface area contributed by atoms with Crippen molar-refractivity contribution in [2.75, 3.05) is 0 Å². The molecule has 1 unspecified atom stereocenters. The minimum absolute atomic E-state index is 0.362. The number of aromatic nitrogens is 3. The molecule has 0 fully saturated rings. The van der Waals surface area contributed by atoms with E-state index in [9.17, 15) is 0 Å². The first-order valence-electron chi connectivity index (χ1n) is 6.78. The van der Waals surface area contributed by atoms with Gasteiger partial charge in [-0.15, -0.1) is 0 Å². The fourth-order valence-corrected chi connectivity index (χ4v) is 3.08. The van der Waals surface area contributed by atoms with Gasteiger partial charge in [-0.25, -0.2) is 0 Å². The van der Waals surface area contributed by atoms with E-state index < -0.39 is 0 Å². The first-order valence-corrected chi connectivity index (χ1v) is 7.91. The molecule has 2 rings (SSSR count). The van der Waals surface area contributed by atoms with Crippen LogP contribution in [0.5, 0.6) is 0 Å². The Morgan fingerprint density at radius 2 is 2.00 bits per heavy atom. The first kappa shape index (κ1) is 16.6. The van der Waals surface area contributed by atoms with Gasteiger partial charge in [-0.3, -0.25) is 9.67 Å². The topological polar surface area (TPSA) is 56.7 Å². The Hall–Kier alpha value is -0.810. The fourth-order valence-electron chi connectivity index (χ4n) is 2.22. The van der Waals surface area contributed by atoms with E-state index in [0.29, 0.717) is 27.2 Å². The maximum absolute atomic E-state index is 6.39. The van der Waals surface area contributed by atoms with Crippen LogP contribution in [0, 0.1) is 0 Å². The van der Waals surface area contributed by atoms with E-state index in [-0.39, 0.29) is 6.04 Å². The molecular formula is C14H17Cl3N4. The van der Waals surface area contributed by atoms with Crippen molar-refractivity contribution in [3.63, 3.8) is 0 Å². The molecule has 4 nitrogen and oxygen atoms in total. The Bertz CT molecular complexity index is 639. The summed E-state index contributed by atoms with van der Waals surface area (Å²) in [7, 11) is 0. The zero-order valence-corrected chi connectivity index (χ0v) is 14.2. The lowest BCUT2D eigenvalue weighted by molar-refractivity contribution is 0.580. The number of rotatable bonds is 5. The van der Waals surface area contributed by atoms with Gasteiger partial charge in [0.05, 0.1) is 38.2 Å². The van der Waals surface area contributed by atoms with Gasteiger partial charge in [-0.05, 0) is 19.4 Å². The molecule has 0 aliphatic rings. The van der Waals surface area contributed by atoms with Crippen LogP contribution in [0.1, 0.15) is 37.0 Å². The maximum Gasteiger partial charge on any atom is 0.0850 e. The van der Waals surface area contributed by atoms with E-state index in [0.717, 1.165) is 24.4 Å². The van der Waals surface area contributed by atoms with Crippen molar-refractivity contribution in [2.24, 2.45) is 5.73 Å². The summed E-state index contributed by atoms with van der Waals surface area (Å²) in [6.45, 7) is 4.78. The Morgan fingerprint density at radius 3 is 2.57 bits per heavy atom. The summed E-state index contributed by atoms with van der Waals surface area (Å²) < 4.78 is 1.88. The van der Waals surface area contributed by atoms with Gasteiger partial charge in [0, 0.05) is 19.2 Å².